The molecule has 1 unspecified atom stereocenters. The zero-order valence-corrected chi connectivity index (χ0v) is 11.1. The van der Waals surface area contributed by atoms with Gasteiger partial charge in [0.15, 0.2) is 0 Å². The van der Waals surface area contributed by atoms with Crippen LogP contribution in [0.2, 0.25) is 0 Å². The predicted molar refractivity (Wildman–Crippen MR) is 67.3 cm³/mol. The Bertz CT molecular complexity index is 280. The van der Waals surface area contributed by atoms with Crippen LogP contribution >= 0.6 is 0 Å². The molecule has 1 amide bonds. The van der Waals surface area contributed by atoms with Crippen molar-refractivity contribution in [2.24, 2.45) is 0 Å². The Hall–Kier alpha value is -1.10. The van der Waals surface area contributed by atoms with E-state index in [1.807, 2.05) is 6.92 Å². The molecule has 1 atom stereocenters. The second kappa shape index (κ2) is 8.08. The summed E-state index contributed by atoms with van der Waals surface area (Å²) in [6.45, 7) is 3.89. The number of nitrogens with zero attached hydrogens (tertiary/aromatic N) is 1. The summed E-state index contributed by atoms with van der Waals surface area (Å²) in [6, 6.07) is -0.115. The number of rotatable bonds is 7. The summed E-state index contributed by atoms with van der Waals surface area (Å²) in [5, 5.41) is 8.85. The van der Waals surface area contributed by atoms with Crippen LogP contribution in [0.1, 0.15) is 45.4 Å². The van der Waals surface area contributed by atoms with Gasteiger partial charge < -0.3 is 14.7 Å². The van der Waals surface area contributed by atoms with E-state index in [-0.39, 0.29) is 18.4 Å². The van der Waals surface area contributed by atoms with Crippen LogP contribution < -0.4 is 0 Å². The van der Waals surface area contributed by atoms with Crippen LogP contribution in [0.4, 0.5) is 0 Å². The quantitative estimate of drug-likeness (QED) is 0.704. The Labute approximate surface area is 108 Å². The molecule has 0 radical (unpaired) electrons. The summed E-state index contributed by atoms with van der Waals surface area (Å²) in [4.78, 5) is 24.6. The van der Waals surface area contributed by atoms with E-state index in [2.05, 4.69) is 0 Å². The fourth-order valence-corrected chi connectivity index (χ4v) is 2.36. The van der Waals surface area contributed by atoms with E-state index in [4.69, 9.17) is 9.84 Å². The standard InChI is InChI=1S/C13H23NO4/c1-2-18-9-5-7-12(15)14-8-4-3-6-11(14)10-13(16)17/h11H,2-10H2,1H3,(H,16,17). The lowest BCUT2D eigenvalue weighted by molar-refractivity contribution is -0.142. The number of amides is 1. The van der Waals surface area contributed by atoms with Gasteiger partial charge in [-0.3, -0.25) is 9.59 Å². The van der Waals surface area contributed by atoms with Crippen LogP contribution in [0.5, 0.6) is 0 Å². The molecular weight excluding hydrogens is 234 g/mol. The zero-order valence-electron chi connectivity index (χ0n) is 11.1. The van der Waals surface area contributed by atoms with Crippen LogP contribution in [-0.2, 0) is 14.3 Å². The SMILES string of the molecule is CCOCCCC(=O)N1CCCCC1CC(=O)O. The lowest BCUT2D eigenvalue weighted by Crippen LogP contribution is -2.44. The van der Waals surface area contributed by atoms with Gasteiger partial charge in [-0.1, -0.05) is 0 Å². The van der Waals surface area contributed by atoms with Crippen molar-refractivity contribution in [3.8, 4) is 0 Å². The minimum Gasteiger partial charge on any atom is -0.481 e. The molecule has 0 spiro atoms. The average molecular weight is 257 g/mol. The van der Waals surface area contributed by atoms with Crippen LogP contribution in [0.15, 0.2) is 0 Å². The van der Waals surface area contributed by atoms with Gasteiger partial charge in [0.2, 0.25) is 5.91 Å². The number of carboxylic acid groups (broad SMARTS) is 1. The highest BCUT2D eigenvalue weighted by atomic mass is 16.5. The Balaban J connectivity index is 2.39. The molecule has 1 fully saturated rings. The number of likely N-dealkylation sites (tertiary alicyclic amines) is 1. The topological polar surface area (TPSA) is 66.8 Å². The van der Waals surface area contributed by atoms with Crippen molar-refractivity contribution < 1.29 is 19.4 Å². The number of ether oxygens (including phenoxy) is 1. The maximum Gasteiger partial charge on any atom is 0.305 e. The Morgan fingerprint density at radius 1 is 1.39 bits per heavy atom. The van der Waals surface area contributed by atoms with Gasteiger partial charge in [-0.05, 0) is 32.6 Å². The van der Waals surface area contributed by atoms with E-state index in [1.165, 1.54) is 0 Å². The highest BCUT2D eigenvalue weighted by Gasteiger charge is 2.27. The van der Waals surface area contributed by atoms with Gasteiger partial charge in [-0.25, -0.2) is 0 Å². The summed E-state index contributed by atoms with van der Waals surface area (Å²) in [6.07, 6.45) is 4.04. The molecule has 0 saturated carbocycles. The van der Waals surface area contributed by atoms with Crippen LogP contribution in [0.25, 0.3) is 0 Å². The van der Waals surface area contributed by atoms with Crippen molar-refractivity contribution in [1.29, 1.82) is 0 Å². The third-order valence-electron chi connectivity index (χ3n) is 3.24. The first-order chi connectivity index (χ1) is 8.65. The number of hydrogen-bond acceptors (Lipinski definition) is 3. The molecule has 0 aromatic carbocycles. The Morgan fingerprint density at radius 3 is 2.83 bits per heavy atom. The van der Waals surface area contributed by atoms with Crippen LogP contribution in [0, 0.1) is 0 Å². The summed E-state index contributed by atoms with van der Waals surface area (Å²) in [5.74, 6) is -0.755. The van der Waals surface area contributed by atoms with Crippen molar-refractivity contribution in [2.45, 2.75) is 51.5 Å². The number of aliphatic carboxylic acids is 1. The van der Waals surface area contributed by atoms with Gasteiger partial charge in [0.05, 0.1) is 6.42 Å². The maximum atomic E-state index is 12.0. The van der Waals surface area contributed by atoms with E-state index in [1.54, 1.807) is 4.90 Å². The van der Waals surface area contributed by atoms with E-state index >= 15 is 0 Å². The zero-order chi connectivity index (χ0) is 13.4. The molecule has 0 aromatic rings. The molecule has 5 nitrogen and oxygen atoms in total. The molecule has 1 heterocycles. The maximum absolute atomic E-state index is 12.0. The average Bonchev–Trinajstić information content (AvgIpc) is 2.34. The lowest BCUT2D eigenvalue weighted by Gasteiger charge is -2.35. The van der Waals surface area contributed by atoms with Gasteiger partial charge in [0, 0.05) is 32.2 Å². The first kappa shape index (κ1) is 15.0. The van der Waals surface area contributed by atoms with Gasteiger partial charge >= 0.3 is 5.97 Å². The Morgan fingerprint density at radius 2 is 2.17 bits per heavy atom. The molecule has 1 N–H and O–H groups in total. The first-order valence-corrected chi connectivity index (χ1v) is 6.74. The van der Waals surface area contributed by atoms with Crippen LogP contribution in [0.3, 0.4) is 0 Å². The van der Waals surface area contributed by atoms with Crippen LogP contribution in [-0.4, -0.2) is 47.7 Å². The van der Waals surface area contributed by atoms with E-state index in [0.29, 0.717) is 32.6 Å². The highest BCUT2D eigenvalue weighted by molar-refractivity contribution is 5.77. The molecule has 0 bridgehead atoms. The Kier molecular flexibility index (Phi) is 6.72. The van der Waals surface area contributed by atoms with Crippen molar-refractivity contribution in [3.63, 3.8) is 0 Å². The van der Waals surface area contributed by atoms with Gasteiger partial charge in [-0.15, -0.1) is 0 Å². The molecule has 104 valence electrons. The fourth-order valence-electron chi connectivity index (χ4n) is 2.36. The smallest absolute Gasteiger partial charge is 0.305 e. The molecule has 1 rings (SSSR count). The number of carboxylic acids is 1. The van der Waals surface area contributed by atoms with Gasteiger partial charge in [0.25, 0.3) is 0 Å². The minimum atomic E-state index is -0.825. The number of carbonyl (C=O) groups excluding carboxylic acids is 1. The monoisotopic (exact) mass is 257 g/mol. The number of carbonyl (C=O) groups is 2. The van der Waals surface area contributed by atoms with Crippen molar-refractivity contribution in [3.05, 3.63) is 0 Å². The summed E-state index contributed by atoms with van der Waals surface area (Å²) in [5.41, 5.74) is 0. The molecule has 5 heteroatoms. The summed E-state index contributed by atoms with van der Waals surface area (Å²) < 4.78 is 5.20. The normalized spacial score (nSPS) is 19.8. The molecule has 0 aromatic heterocycles. The molecular formula is C13H23NO4. The second-order valence-electron chi connectivity index (χ2n) is 4.64. The number of piperidine rings is 1. The highest BCUT2D eigenvalue weighted by Crippen LogP contribution is 2.20. The van der Waals surface area contributed by atoms with Gasteiger partial charge in [-0.2, -0.15) is 0 Å². The fraction of sp³-hybridized carbons (Fsp3) is 0.846. The third-order valence-corrected chi connectivity index (χ3v) is 3.24. The van der Waals surface area contributed by atoms with E-state index in [0.717, 1.165) is 19.3 Å². The largest absolute Gasteiger partial charge is 0.481 e. The molecule has 1 saturated heterocycles. The van der Waals surface area contributed by atoms with Crippen molar-refractivity contribution >= 4 is 11.9 Å². The van der Waals surface area contributed by atoms with E-state index in [9.17, 15) is 9.59 Å². The van der Waals surface area contributed by atoms with Crippen molar-refractivity contribution in [2.75, 3.05) is 19.8 Å². The molecule has 18 heavy (non-hydrogen) atoms. The van der Waals surface area contributed by atoms with Crippen molar-refractivity contribution in [1.82, 2.24) is 4.90 Å². The molecule has 0 aliphatic carbocycles. The number of hydrogen-bond donors (Lipinski definition) is 1. The predicted octanol–water partition coefficient (Wildman–Crippen LogP) is 1.66. The lowest BCUT2D eigenvalue weighted by atomic mass is 9.99. The second-order valence-corrected chi connectivity index (χ2v) is 4.64. The molecule has 1 aliphatic heterocycles. The first-order valence-electron chi connectivity index (χ1n) is 6.74. The third kappa shape index (κ3) is 5.04. The molecule has 1 aliphatic rings. The van der Waals surface area contributed by atoms with Gasteiger partial charge in [0.1, 0.15) is 0 Å². The summed E-state index contributed by atoms with van der Waals surface area (Å²) >= 11 is 0. The summed E-state index contributed by atoms with van der Waals surface area (Å²) in [7, 11) is 0. The van der Waals surface area contributed by atoms with E-state index < -0.39 is 5.97 Å². The minimum absolute atomic E-state index is 0.0667.